The topological polar surface area (TPSA) is 32.7 Å². The zero-order chi connectivity index (χ0) is 20.1. The molecule has 0 aliphatic heterocycles. The molecule has 1 aliphatic rings. The highest BCUT2D eigenvalue weighted by atomic mass is 16.5. The van der Waals surface area contributed by atoms with Gasteiger partial charge in [0.2, 0.25) is 0 Å². The van der Waals surface area contributed by atoms with Gasteiger partial charge in [0, 0.05) is 18.9 Å². The van der Waals surface area contributed by atoms with Gasteiger partial charge in [-0.15, -0.1) is 0 Å². The van der Waals surface area contributed by atoms with Crippen LogP contribution in [0.2, 0.25) is 0 Å². The molecule has 1 aliphatic carbocycles. The van der Waals surface area contributed by atoms with Gasteiger partial charge in [0.05, 0.1) is 12.7 Å². The normalized spacial score (nSPS) is 23.9. The van der Waals surface area contributed by atoms with E-state index in [1.54, 1.807) is 7.11 Å². The van der Waals surface area contributed by atoms with Crippen LogP contribution >= 0.6 is 0 Å². The first kappa shape index (κ1) is 20.6. The van der Waals surface area contributed by atoms with Crippen molar-refractivity contribution in [1.82, 2.24) is 4.90 Å². The van der Waals surface area contributed by atoms with Gasteiger partial charge < -0.3 is 14.7 Å². The number of nitrogens with zero attached hydrogens (tertiary/aromatic N) is 1. The largest absolute Gasteiger partial charge is 0.497 e. The molecule has 1 saturated carbocycles. The van der Waals surface area contributed by atoms with Gasteiger partial charge in [-0.05, 0) is 74.7 Å². The Bertz CT molecular complexity index is 827. The molecule has 2 unspecified atom stereocenters. The van der Waals surface area contributed by atoms with Crippen molar-refractivity contribution in [2.45, 2.75) is 38.2 Å². The molecule has 0 amide bonds. The van der Waals surface area contributed by atoms with Crippen LogP contribution in [0, 0.1) is 12.8 Å². The van der Waals surface area contributed by atoms with E-state index in [0.29, 0.717) is 6.42 Å². The standard InChI is InChI=1S/C25H33NO2/c1-19-9-5-6-11-21(19)17-25(27)22(12-8-13-23(25)18-26(2)3)15-20-10-7-14-24(16-20)28-4/h5-7,9-11,14-16,23,27H,8,12-13,17-18H2,1-4H3. The molecule has 0 aromatic heterocycles. The average Bonchev–Trinajstić information content (AvgIpc) is 2.67. The first-order valence-electron chi connectivity index (χ1n) is 10.2. The molecule has 150 valence electrons. The Morgan fingerprint density at radius 1 is 1.18 bits per heavy atom. The predicted molar refractivity (Wildman–Crippen MR) is 117 cm³/mol. The summed E-state index contributed by atoms with van der Waals surface area (Å²) >= 11 is 0. The highest BCUT2D eigenvalue weighted by Crippen LogP contribution is 2.42. The molecule has 0 saturated heterocycles. The monoisotopic (exact) mass is 379 g/mol. The molecule has 0 bridgehead atoms. The summed E-state index contributed by atoms with van der Waals surface area (Å²) in [5, 5.41) is 12.1. The number of benzene rings is 2. The fourth-order valence-corrected chi connectivity index (χ4v) is 4.43. The lowest BCUT2D eigenvalue weighted by atomic mass is 9.68. The molecule has 2 aromatic rings. The molecule has 3 heteroatoms. The second-order valence-corrected chi connectivity index (χ2v) is 8.33. The lowest BCUT2D eigenvalue weighted by Crippen LogP contribution is -2.48. The van der Waals surface area contributed by atoms with E-state index in [9.17, 15) is 5.11 Å². The first-order chi connectivity index (χ1) is 13.4. The molecule has 0 heterocycles. The summed E-state index contributed by atoms with van der Waals surface area (Å²) in [5.74, 6) is 1.06. The lowest BCUT2D eigenvalue weighted by molar-refractivity contribution is -0.0124. The lowest BCUT2D eigenvalue weighted by Gasteiger charge is -2.44. The van der Waals surface area contributed by atoms with E-state index in [2.05, 4.69) is 62.3 Å². The van der Waals surface area contributed by atoms with Crippen LogP contribution in [0.3, 0.4) is 0 Å². The molecular weight excluding hydrogens is 346 g/mol. The molecule has 1 N–H and O–H groups in total. The third kappa shape index (κ3) is 4.65. The minimum Gasteiger partial charge on any atom is -0.497 e. The summed E-state index contributed by atoms with van der Waals surface area (Å²) in [6.45, 7) is 3.02. The van der Waals surface area contributed by atoms with Crippen molar-refractivity contribution >= 4 is 6.08 Å². The van der Waals surface area contributed by atoms with Crippen LogP contribution in [-0.2, 0) is 6.42 Å². The van der Waals surface area contributed by atoms with E-state index in [4.69, 9.17) is 4.74 Å². The van der Waals surface area contributed by atoms with Crippen molar-refractivity contribution in [3.05, 3.63) is 70.8 Å². The van der Waals surface area contributed by atoms with Gasteiger partial charge in [0.15, 0.2) is 0 Å². The van der Waals surface area contributed by atoms with E-state index in [-0.39, 0.29) is 5.92 Å². The second-order valence-electron chi connectivity index (χ2n) is 8.33. The number of aryl methyl sites for hydroxylation is 1. The van der Waals surface area contributed by atoms with Gasteiger partial charge in [0.25, 0.3) is 0 Å². The maximum absolute atomic E-state index is 12.1. The van der Waals surface area contributed by atoms with Gasteiger partial charge in [0.1, 0.15) is 5.75 Å². The summed E-state index contributed by atoms with van der Waals surface area (Å²) in [6, 6.07) is 16.5. The zero-order valence-electron chi connectivity index (χ0n) is 17.6. The molecule has 2 aromatic carbocycles. The molecule has 3 rings (SSSR count). The fourth-order valence-electron chi connectivity index (χ4n) is 4.43. The third-order valence-corrected chi connectivity index (χ3v) is 5.97. The highest BCUT2D eigenvalue weighted by Gasteiger charge is 2.42. The van der Waals surface area contributed by atoms with Crippen molar-refractivity contribution < 1.29 is 9.84 Å². The molecule has 2 atom stereocenters. The van der Waals surface area contributed by atoms with Crippen LogP contribution in [0.4, 0.5) is 0 Å². The van der Waals surface area contributed by atoms with Crippen molar-refractivity contribution in [1.29, 1.82) is 0 Å². The average molecular weight is 380 g/mol. The smallest absolute Gasteiger partial charge is 0.119 e. The van der Waals surface area contributed by atoms with Crippen LogP contribution in [0.1, 0.15) is 36.0 Å². The van der Waals surface area contributed by atoms with Gasteiger partial charge in [-0.25, -0.2) is 0 Å². The highest BCUT2D eigenvalue weighted by molar-refractivity contribution is 5.58. The predicted octanol–water partition coefficient (Wildman–Crippen LogP) is 4.72. The quantitative estimate of drug-likeness (QED) is 0.788. The SMILES string of the molecule is COc1cccc(C=C2CCCC(CN(C)C)C2(O)Cc2ccccc2C)c1. The second kappa shape index (κ2) is 8.93. The molecular formula is C25H33NO2. The molecule has 3 nitrogen and oxygen atoms in total. The van der Waals surface area contributed by atoms with E-state index >= 15 is 0 Å². The number of hydrogen-bond acceptors (Lipinski definition) is 3. The number of aliphatic hydroxyl groups is 1. The summed E-state index contributed by atoms with van der Waals surface area (Å²) in [6.07, 6.45) is 5.94. The maximum Gasteiger partial charge on any atom is 0.119 e. The van der Waals surface area contributed by atoms with Crippen LogP contribution < -0.4 is 4.74 Å². The summed E-state index contributed by atoms with van der Waals surface area (Å²) < 4.78 is 5.38. The van der Waals surface area contributed by atoms with Crippen LogP contribution in [-0.4, -0.2) is 43.4 Å². The minimum absolute atomic E-state index is 0.215. The number of methoxy groups -OCH3 is 1. The number of rotatable bonds is 6. The van der Waals surface area contributed by atoms with Gasteiger partial charge in [-0.3, -0.25) is 0 Å². The number of hydrogen-bond donors (Lipinski definition) is 1. The van der Waals surface area contributed by atoms with Crippen molar-refractivity contribution in [2.24, 2.45) is 5.92 Å². The molecule has 0 radical (unpaired) electrons. The summed E-state index contributed by atoms with van der Waals surface area (Å²) in [7, 11) is 5.87. The van der Waals surface area contributed by atoms with Gasteiger partial charge in [-0.2, -0.15) is 0 Å². The Hall–Kier alpha value is -2.10. The van der Waals surface area contributed by atoms with Crippen LogP contribution in [0.15, 0.2) is 54.1 Å². The van der Waals surface area contributed by atoms with Crippen LogP contribution in [0.5, 0.6) is 5.75 Å². The van der Waals surface area contributed by atoms with Gasteiger partial charge in [-0.1, -0.05) is 42.5 Å². The van der Waals surface area contributed by atoms with Gasteiger partial charge >= 0.3 is 0 Å². The van der Waals surface area contributed by atoms with E-state index < -0.39 is 5.60 Å². The first-order valence-corrected chi connectivity index (χ1v) is 10.2. The van der Waals surface area contributed by atoms with Crippen molar-refractivity contribution in [3.8, 4) is 5.75 Å². The Balaban J connectivity index is 2.02. The fraction of sp³-hybridized carbons (Fsp3) is 0.440. The van der Waals surface area contributed by atoms with E-state index in [1.165, 1.54) is 11.1 Å². The number of ether oxygens (including phenoxy) is 1. The Kier molecular flexibility index (Phi) is 6.58. The van der Waals surface area contributed by atoms with Crippen LogP contribution in [0.25, 0.3) is 6.08 Å². The third-order valence-electron chi connectivity index (χ3n) is 5.97. The Morgan fingerprint density at radius 3 is 2.68 bits per heavy atom. The van der Waals surface area contributed by atoms with E-state index in [1.807, 2.05) is 18.2 Å². The molecule has 28 heavy (non-hydrogen) atoms. The van der Waals surface area contributed by atoms with E-state index in [0.717, 1.165) is 42.7 Å². The minimum atomic E-state index is -0.836. The summed E-state index contributed by atoms with van der Waals surface area (Å²) in [5.41, 5.74) is 3.86. The maximum atomic E-state index is 12.1. The van der Waals surface area contributed by atoms with Crippen molar-refractivity contribution in [2.75, 3.05) is 27.7 Å². The molecule has 1 fully saturated rings. The zero-order valence-corrected chi connectivity index (χ0v) is 17.6. The Labute approximate surface area is 169 Å². The summed E-state index contributed by atoms with van der Waals surface area (Å²) in [4.78, 5) is 2.20. The van der Waals surface area contributed by atoms with Crippen molar-refractivity contribution in [3.63, 3.8) is 0 Å². The Morgan fingerprint density at radius 2 is 1.96 bits per heavy atom. The molecule has 0 spiro atoms.